The zero-order valence-corrected chi connectivity index (χ0v) is 16.3. The third-order valence-corrected chi connectivity index (χ3v) is 4.93. The highest BCUT2D eigenvalue weighted by molar-refractivity contribution is 9.10. The minimum absolute atomic E-state index is 0.0452. The Hall–Kier alpha value is -2.73. The van der Waals surface area contributed by atoms with E-state index in [2.05, 4.69) is 20.9 Å². The number of ether oxygens (including phenoxy) is 1. The van der Waals surface area contributed by atoms with Crippen LogP contribution in [0.25, 0.3) is 22.0 Å². The lowest BCUT2D eigenvalue weighted by atomic mass is 10.0. The van der Waals surface area contributed by atoms with Crippen molar-refractivity contribution in [1.82, 2.24) is 4.98 Å². The van der Waals surface area contributed by atoms with Gasteiger partial charge in [-0.3, -0.25) is 9.59 Å². The summed E-state index contributed by atoms with van der Waals surface area (Å²) in [4.78, 5) is 28.2. The number of aromatic nitrogens is 1. The Labute approximate surface area is 165 Å². The van der Waals surface area contributed by atoms with Crippen LogP contribution in [0.1, 0.15) is 30.3 Å². The van der Waals surface area contributed by atoms with Gasteiger partial charge in [0.1, 0.15) is 5.69 Å². The fraction of sp³-hybridized carbons (Fsp3) is 0.190. The highest BCUT2D eigenvalue weighted by Crippen LogP contribution is 2.36. The molecular formula is C21H18BrNO4. The van der Waals surface area contributed by atoms with E-state index in [0.717, 1.165) is 11.1 Å². The molecule has 1 aromatic heterocycles. The monoisotopic (exact) mass is 427 g/mol. The number of nitrogens with zero attached hydrogens (tertiary/aromatic N) is 1. The van der Waals surface area contributed by atoms with Crippen LogP contribution in [0.3, 0.4) is 0 Å². The van der Waals surface area contributed by atoms with E-state index < -0.39 is 11.8 Å². The molecule has 0 fully saturated rings. The van der Waals surface area contributed by atoms with Gasteiger partial charge in [0.15, 0.2) is 11.5 Å². The molecule has 0 saturated heterocycles. The van der Waals surface area contributed by atoms with Crippen molar-refractivity contribution in [3.63, 3.8) is 0 Å². The van der Waals surface area contributed by atoms with Crippen LogP contribution >= 0.6 is 15.9 Å². The highest BCUT2D eigenvalue weighted by Gasteiger charge is 2.20. The first kappa shape index (κ1) is 19.0. The Kier molecular flexibility index (Phi) is 5.86. The lowest BCUT2D eigenvalue weighted by Crippen LogP contribution is -2.09. The number of benzene rings is 2. The molecule has 0 spiro atoms. The number of fused-ring (bicyclic) bond motifs is 1. The predicted molar refractivity (Wildman–Crippen MR) is 107 cm³/mol. The number of halogens is 1. The SMILES string of the molecule is CCOC(=O)CCC(=O)c1nc2ccc(-c3ccccc3)cc2c(Br)c1O. The van der Waals surface area contributed by atoms with Gasteiger partial charge in [-0.05, 0) is 46.1 Å². The van der Waals surface area contributed by atoms with Gasteiger partial charge in [0.2, 0.25) is 0 Å². The largest absolute Gasteiger partial charge is 0.504 e. The first-order valence-electron chi connectivity index (χ1n) is 8.57. The Bertz CT molecular complexity index is 1000. The van der Waals surface area contributed by atoms with Gasteiger partial charge in [0.05, 0.1) is 23.0 Å². The van der Waals surface area contributed by atoms with Gasteiger partial charge in [0.25, 0.3) is 0 Å². The van der Waals surface area contributed by atoms with Crippen molar-refractivity contribution in [3.8, 4) is 16.9 Å². The zero-order valence-electron chi connectivity index (χ0n) is 14.7. The number of Topliss-reactive ketones (excluding diaryl/α,β-unsaturated/α-hetero) is 1. The smallest absolute Gasteiger partial charge is 0.306 e. The van der Waals surface area contributed by atoms with Crippen molar-refractivity contribution in [2.45, 2.75) is 19.8 Å². The van der Waals surface area contributed by atoms with E-state index in [-0.39, 0.29) is 30.9 Å². The number of pyridine rings is 1. The number of carbonyl (C=O) groups is 2. The molecule has 0 amide bonds. The molecule has 3 rings (SSSR count). The summed E-state index contributed by atoms with van der Waals surface area (Å²) in [6.07, 6.45) is -0.115. The number of hydrogen-bond donors (Lipinski definition) is 1. The summed E-state index contributed by atoms with van der Waals surface area (Å²) < 4.78 is 5.23. The first-order valence-corrected chi connectivity index (χ1v) is 9.37. The fourth-order valence-corrected chi connectivity index (χ4v) is 3.29. The van der Waals surface area contributed by atoms with E-state index >= 15 is 0 Å². The molecule has 27 heavy (non-hydrogen) atoms. The number of rotatable bonds is 6. The molecule has 138 valence electrons. The molecule has 0 unspecified atom stereocenters. The molecule has 0 saturated carbocycles. The number of hydrogen-bond acceptors (Lipinski definition) is 5. The molecule has 3 aromatic rings. The summed E-state index contributed by atoms with van der Waals surface area (Å²) in [5.74, 6) is -1.07. The maximum absolute atomic E-state index is 12.4. The van der Waals surface area contributed by atoms with Crippen molar-refractivity contribution in [2.75, 3.05) is 6.61 Å². The topological polar surface area (TPSA) is 76.5 Å². The lowest BCUT2D eigenvalue weighted by molar-refractivity contribution is -0.143. The van der Waals surface area contributed by atoms with E-state index in [9.17, 15) is 14.7 Å². The molecule has 0 atom stereocenters. The van der Waals surface area contributed by atoms with Crippen LogP contribution in [0.2, 0.25) is 0 Å². The quantitative estimate of drug-likeness (QED) is 0.447. The minimum atomic E-state index is -0.447. The van der Waals surface area contributed by atoms with Gasteiger partial charge in [-0.1, -0.05) is 36.4 Å². The Balaban J connectivity index is 1.94. The van der Waals surface area contributed by atoms with E-state index in [4.69, 9.17) is 4.74 Å². The third-order valence-electron chi connectivity index (χ3n) is 4.13. The Morgan fingerprint density at radius 3 is 2.52 bits per heavy atom. The van der Waals surface area contributed by atoms with E-state index in [1.165, 1.54) is 0 Å². The summed E-state index contributed by atoms with van der Waals surface area (Å²) in [7, 11) is 0. The lowest BCUT2D eigenvalue weighted by Gasteiger charge is -2.10. The third kappa shape index (κ3) is 4.17. The molecule has 5 nitrogen and oxygen atoms in total. The van der Waals surface area contributed by atoms with Gasteiger partial charge in [-0.15, -0.1) is 0 Å². The van der Waals surface area contributed by atoms with Crippen LogP contribution in [-0.2, 0) is 9.53 Å². The van der Waals surface area contributed by atoms with Crippen LogP contribution in [0.4, 0.5) is 0 Å². The summed E-state index contributed by atoms with van der Waals surface area (Å²) in [5, 5.41) is 11.2. The number of carbonyl (C=O) groups excluding carboxylic acids is 2. The molecule has 1 heterocycles. The molecule has 0 radical (unpaired) electrons. The van der Waals surface area contributed by atoms with Gasteiger partial charge < -0.3 is 9.84 Å². The van der Waals surface area contributed by atoms with E-state index in [1.54, 1.807) is 6.92 Å². The van der Waals surface area contributed by atoms with Crippen molar-refractivity contribution in [1.29, 1.82) is 0 Å². The van der Waals surface area contributed by atoms with E-state index in [1.807, 2.05) is 48.5 Å². The fourth-order valence-electron chi connectivity index (χ4n) is 2.79. The second kappa shape index (κ2) is 8.31. The average Bonchev–Trinajstić information content (AvgIpc) is 2.69. The van der Waals surface area contributed by atoms with Gasteiger partial charge in [-0.25, -0.2) is 4.98 Å². The first-order chi connectivity index (χ1) is 13.0. The maximum atomic E-state index is 12.4. The van der Waals surface area contributed by atoms with Crippen LogP contribution in [-0.4, -0.2) is 28.4 Å². The van der Waals surface area contributed by atoms with Crippen LogP contribution in [0, 0.1) is 0 Å². The summed E-state index contributed by atoms with van der Waals surface area (Å²) in [6.45, 7) is 1.97. The standard InChI is InChI=1S/C21H18BrNO4/c1-2-27-18(25)11-10-17(24)20-21(26)19(22)15-12-14(8-9-16(15)23-20)13-6-4-3-5-7-13/h3-9,12,26H,2,10-11H2,1H3. The molecule has 0 aliphatic heterocycles. The molecule has 1 N–H and O–H groups in total. The van der Waals surface area contributed by atoms with Gasteiger partial charge >= 0.3 is 5.97 Å². The summed E-state index contributed by atoms with van der Waals surface area (Å²) in [5.41, 5.74) is 2.55. The Morgan fingerprint density at radius 2 is 1.81 bits per heavy atom. The van der Waals surface area contributed by atoms with Crippen molar-refractivity contribution in [3.05, 3.63) is 58.7 Å². The van der Waals surface area contributed by atoms with Crippen LogP contribution in [0.15, 0.2) is 53.0 Å². The number of ketones is 1. The maximum Gasteiger partial charge on any atom is 0.306 e. The van der Waals surface area contributed by atoms with Crippen LogP contribution < -0.4 is 0 Å². The van der Waals surface area contributed by atoms with Crippen LogP contribution in [0.5, 0.6) is 5.75 Å². The molecule has 0 aliphatic rings. The predicted octanol–water partition coefficient (Wildman–Crippen LogP) is 4.90. The molecule has 0 bridgehead atoms. The average molecular weight is 428 g/mol. The molecule has 0 aliphatic carbocycles. The zero-order chi connectivity index (χ0) is 19.4. The van der Waals surface area contributed by atoms with Gasteiger partial charge in [0, 0.05) is 11.8 Å². The highest BCUT2D eigenvalue weighted by atomic mass is 79.9. The summed E-state index contributed by atoms with van der Waals surface area (Å²) >= 11 is 3.38. The second-order valence-corrected chi connectivity index (χ2v) is 6.74. The van der Waals surface area contributed by atoms with Crippen molar-refractivity contribution >= 4 is 38.6 Å². The van der Waals surface area contributed by atoms with Gasteiger partial charge in [-0.2, -0.15) is 0 Å². The van der Waals surface area contributed by atoms with Crippen molar-refractivity contribution in [2.24, 2.45) is 0 Å². The molecule has 6 heteroatoms. The molecular weight excluding hydrogens is 410 g/mol. The second-order valence-electron chi connectivity index (χ2n) is 5.95. The van der Waals surface area contributed by atoms with Crippen molar-refractivity contribution < 1.29 is 19.4 Å². The Morgan fingerprint density at radius 1 is 1.07 bits per heavy atom. The number of aromatic hydroxyl groups is 1. The number of esters is 1. The molecule has 2 aromatic carbocycles. The normalized spacial score (nSPS) is 10.7. The van der Waals surface area contributed by atoms with E-state index in [0.29, 0.717) is 15.4 Å². The minimum Gasteiger partial charge on any atom is -0.504 e. The summed E-state index contributed by atoms with van der Waals surface area (Å²) in [6, 6.07) is 15.5.